The Labute approximate surface area is 111 Å². The molecule has 0 aromatic heterocycles. The summed E-state index contributed by atoms with van der Waals surface area (Å²) < 4.78 is 0. The zero-order valence-corrected chi connectivity index (χ0v) is 12.2. The first-order valence-corrected chi connectivity index (χ1v) is 7.17. The Morgan fingerprint density at radius 3 is 2.22 bits per heavy atom. The Morgan fingerprint density at radius 2 is 1.89 bits per heavy atom. The van der Waals surface area contributed by atoms with Crippen LogP contribution in [0.3, 0.4) is 0 Å². The van der Waals surface area contributed by atoms with E-state index in [0.717, 1.165) is 25.3 Å². The smallest absolute Gasteiger partial charge is 0.242 e. The van der Waals surface area contributed by atoms with Crippen molar-refractivity contribution in [2.45, 2.75) is 52.9 Å². The van der Waals surface area contributed by atoms with Gasteiger partial charge in [-0.2, -0.15) is 5.26 Å². The van der Waals surface area contributed by atoms with Crippen LogP contribution in [0.4, 0.5) is 0 Å². The summed E-state index contributed by atoms with van der Waals surface area (Å²) in [4.78, 5) is 14.3. The fourth-order valence-electron chi connectivity index (χ4n) is 2.81. The van der Waals surface area contributed by atoms with Crippen LogP contribution in [-0.4, -0.2) is 24.4 Å². The normalized spacial score (nSPS) is 22.4. The Kier molecular flexibility index (Phi) is 5.19. The molecule has 1 aliphatic rings. The van der Waals surface area contributed by atoms with Gasteiger partial charge in [-0.3, -0.25) is 4.79 Å². The number of rotatable bonds is 7. The summed E-state index contributed by atoms with van der Waals surface area (Å²) in [6.45, 7) is 7.12. The molecule has 3 heteroatoms. The highest BCUT2D eigenvalue weighted by molar-refractivity contribution is 5.85. The van der Waals surface area contributed by atoms with Crippen LogP contribution in [0.2, 0.25) is 0 Å². The maximum Gasteiger partial charge on any atom is 0.242 e. The number of amides is 1. The molecular weight excluding hydrogens is 224 g/mol. The first-order valence-electron chi connectivity index (χ1n) is 7.17. The highest BCUT2D eigenvalue weighted by atomic mass is 16.2. The molecule has 0 aromatic rings. The number of hydrogen-bond donors (Lipinski definition) is 0. The zero-order chi connectivity index (χ0) is 13.8. The van der Waals surface area contributed by atoms with Crippen LogP contribution in [0.5, 0.6) is 0 Å². The lowest BCUT2D eigenvalue weighted by Crippen LogP contribution is -2.42. The lowest BCUT2D eigenvalue weighted by Gasteiger charge is -2.30. The first-order chi connectivity index (χ1) is 8.50. The van der Waals surface area contributed by atoms with Gasteiger partial charge in [0.2, 0.25) is 5.91 Å². The standard InChI is InChI=1S/C15H26N2O/c1-5-7-15(11-16,8-6-2)14(18)17(4)10-13-9-12(13)3/h12-13H,5-10H2,1-4H3. The molecule has 102 valence electrons. The van der Waals surface area contributed by atoms with Crippen LogP contribution in [0.1, 0.15) is 52.9 Å². The molecule has 0 N–H and O–H groups in total. The van der Waals surface area contributed by atoms with Crippen molar-refractivity contribution in [2.75, 3.05) is 13.6 Å². The van der Waals surface area contributed by atoms with E-state index in [1.165, 1.54) is 6.42 Å². The maximum atomic E-state index is 12.5. The molecule has 1 rings (SSSR count). The lowest BCUT2D eigenvalue weighted by atomic mass is 9.79. The maximum absolute atomic E-state index is 12.5. The average Bonchev–Trinajstić information content (AvgIpc) is 3.03. The van der Waals surface area contributed by atoms with E-state index in [0.29, 0.717) is 18.8 Å². The molecule has 3 nitrogen and oxygen atoms in total. The summed E-state index contributed by atoms with van der Waals surface area (Å²) in [5.41, 5.74) is -0.781. The predicted molar refractivity (Wildman–Crippen MR) is 72.8 cm³/mol. The Morgan fingerprint density at radius 1 is 1.39 bits per heavy atom. The van der Waals surface area contributed by atoms with Crippen molar-refractivity contribution in [2.24, 2.45) is 17.3 Å². The van der Waals surface area contributed by atoms with Crippen LogP contribution < -0.4 is 0 Å². The molecule has 18 heavy (non-hydrogen) atoms. The summed E-state index contributed by atoms with van der Waals surface area (Å²) in [7, 11) is 1.85. The van der Waals surface area contributed by atoms with Crippen molar-refractivity contribution >= 4 is 5.91 Å². The van der Waals surface area contributed by atoms with Crippen molar-refractivity contribution in [3.05, 3.63) is 0 Å². The van der Waals surface area contributed by atoms with Crippen LogP contribution in [0.15, 0.2) is 0 Å². The van der Waals surface area contributed by atoms with Gasteiger partial charge >= 0.3 is 0 Å². The van der Waals surface area contributed by atoms with E-state index in [1.807, 2.05) is 20.9 Å². The molecule has 1 fully saturated rings. The van der Waals surface area contributed by atoms with Gasteiger partial charge in [0.15, 0.2) is 0 Å². The molecule has 1 saturated carbocycles. The predicted octanol–water partition coefficient (Wildman–Crippen LogP) is 3.21. The third-order valence-corrected chi connectivity index (χ3v) is 4.11. The van der Waals surface area contributed by atoms with Gasteiger partial charge in [0.1, 0.15) is 5.41 Å². The van der Waals surface area contributed by atoms with Gasteiger partial charge in [0.05, 0.1) is 6.07 Å². The minimum Gasteiger partial charge on any atom is -0.344 e. The molecule has 1 aliphatic carbocycles. The van der Waals surface area contributed by atoms with Crippen molar-refractivity contribution in [3.63, 3.8) is 0 Å². The van der Waals surface area contributed by atoms with E-state index in [4.69, 9.17) is 0 Å². The SMILES string of the molecule is CCCC(C#N)(CCC)C(=O)N(C)CC1CC1C. The molecule has 1 amide bonds. The molecule has 0 saturated heterocycles. The van der Waals surface area contributed by atoms with E-state index in [2.05, 4.69) is 13.0 Å². The average molecular weight is 250 g/mol. The van der Waals surface area contributed by atoms with Gasteiger partial charge in [-0.15, -0.1) is 0 Å². The third kappa shape index (κ3) is 3.25. The summed E-state index contributed by atoms with van der Waals surface area (Å²) in [6, 6.07) is 2.31. The molecule has 2 atom stereocenters. The third-order valence-electron chi connectivity index (χ3n) is 4.11. The largest absolute Gasteiger partial charge is 0.344 e. The number of carbonyl (C=O) groups is 1. The molecule has 0 radical (unpaired) electrons. The van der Waals surface area contributed by atoms with Crippen molar-refractivity contribution in [1.29, 1.82) is 5.26 Å². The van der Waals surface area contributed by atoms with Gasteiger partial charge in [0, 0.05) is 13.6 Å². The molecule has 0 aliphatic heterocycles. The van der Waals surface area contributed by atoms with Gasteiger partial charge in [0.25, 0.3) is 0 Å². The Hall–Kier alpha value is -1.04. The summed E-state index contributed by atoms with van der Waals surface area (Å²) in [5, 5.41) is 9.46. The molecular formula is C15H26N2O. The minimum absolute atomic E-state index is 0.0350. The quantitative estimate of drug-likeness (QED) is 0.696. The summed E-state index contributed by atoms with van der Waals surface area (Å²) >= 11 is 0. The van der Waals surface area contributed by atoms with Crippen molar-refractivity contribution in [1.82, 2.24) is 4.90 Å². The monoisotopic (exact) mass is 250 g/mol. The zero-order valence-electron chi connectivity index (χ0n) is 12.2. The second kappa shape index (κ2) is 6.22. The van der Waals surface area contributed by atoms with Gasteiger partial charge in [-0.05, 0) is 31.1 Å². The molecule has 0 spiro atoms. The van der Waals surface area contributed by atoms with Gasteiger partial charge in [-0.1, -0.05) is 33.6 Å². The van der Waals surface area contributed by atoms with Crippen LogP contribution in [0.25, 0.3) is 0 Å². The number of nitrogens with zero attached hydrogens (tertiary/aromatic N) is 2. The van der Waals surface area contributed by atoms with E-state index in [1.54, 1.807) is 4.90 Å². The molecule has 0 heterocycles. The first kappa shape index (κ1) is 15.0. The Balaban J connectivity index is 2.71. The lowest BCUT2D eigenvalue weighted by molar-refractivity contribution is -0.138. The van der Waals surface area contributed by atoms with Crippen molar-refractivity contribution in [3.8, 4) is 6.07 Å². The fraction of sp³-hybridized carbons (Fsp3) is 0.867. The number of nitriles is 1. The highest BCUT2D eigenvalue weighted by Gasteiger charge is 2.41. The summed E-state index contributed by atoms with van der Waals surface area (Å²) in [6.07, 6.45) is 4.35. The second-order valence-electron chi connectivity index (χ2n) is 5.85. The van der Waals surface area contributed by atoms with E-state index < -0.39 is 5.41 Å². The minimum atomic E-state index is -0.781. The fourth-order valence-corrected chi connectivity index (χ4v) is 2.81. The van der Waals surface area contributed by atoms with Crippen LogP contribution in [-0.2, 0) is 4.79 Å². The van der Waals surface area contributed by atoms with E-state index in [9.17, 15) is 10.1 Å². The topological polar surface area (TPSA) is 44.1 Å². The van der Waals surface area contributed by atoms with E-state index in [-0.39, 0.29) is 5.91 Å². The molecule has 0 bridgehead atoms. The van der Waals surface area contributed by atoms with Crippen LogP contribution in [0, 0.1) is 28.6 Å². The van der Waals surface area contributed by atoms with Crippen LogP contribution >= 0.6 is 0 Å². The van der Waals surface area contributed by atoms with Gasteiger partial charge < -0.3 is 4.90 Å². The molecule has 2 unspecified atom stereocenters. The van der Waals surface area contributed by atoms with Crippen molar-refractivity contribution < 1.29 is 4.79 Å². The van der Waals surface area contributed by atoms with E-state index >= 15 is 0 Å². The highest BCUT2D eigenvalue weighted by Crippen LogP contribution is 2.39. The van der Waals surface area contributed by atoms with Gasteiger partial charge in [-0.25, -0.2) is 0 Å². The second-order valence-corrected chi connectivity index (χ2v) is 5.85. The summed E-state index contributed by atoms with van der Waals surface area (Å²) in [5.74, 6) is 1.43. The Bertz CT molecular complexity index is 326. The number of carbonyl (C=O) groups excluding carboxylic acids is 1. The molecule has 0 aromatic carbocycles. The number of hydrogen-bond acceptors (Lipinski definition) is 2.